The van der Waals surface area contributed by atoms with E-state index in [0.29, 0.717) is 33.6 Å². The maximum Gasteiger partial charge on any atom is 0.262 e. The fourth-order valence-corrected chi connectivity index (χ4v) is 3.95. The second-order valence-corrected chi connectivity index (χ2v) is 8.61. The van der Waals surface area contributed by atoms with Gasteiger partial charge in [-0.15, -0.1) is 0 Å². The number of hydrogen-bond acceptors (Lipinski definition) is 6. The molecule has 0 atom stereocenters. The van der Waals surface area contributed by atoms with E-state index in [1.54, 1.807) is 42.5 Å². The van der Waals surface area contributed by atoms with E-state index in [0.717, 1.165) is 0 Å². The van der Waals surface area contributed by atoms with Gasteiger partial charge >= 0.3 is 0 Å². The predicted molar refractivity (Wildman–Crippen MR) is 122 cm³/mol. The first-order valence-corrected chi connectivity index (χ1v) is 11.2. The van der Waals surface area contributed by atoms with Crippen LogP contribution < -0.4 is 24.2 Å². The Hall–Kier alpha value is -3.43. The van der Waals surface area contributed by atoms with Crippen LogP contribution in [0.2, 0.25) is 5.02 Å². The fraction of sp³-hybridized carbons (Fsp3) is 0.136. The number of carbonyl (C=O) groups excluding carboxylic acids is 1. The molecule has 0 aromatic heterocycles. The highest BCUT2D eigenvalue weighted by Gasteiger charge is 2.15. The number of benzene rings is 3. The normalized spacial score (nSPS) is 10.8. The first-order valence-electron chi connectivity index (χ1n) is 9.34. The van der Waals surface area contributed by atoms with Gasteiger partial charge in [0.25, 0.3) is 15.9 Å². The SMILES string of the molecule is COc1cccc(NS(=O)(=O)c2ccc(OCC(=O)Nc3cc(Cl)ccc3OC)cc2)c1. The molecule has 3 rings (SSSR count). The van der Waals surface area contributed by atoms with Crippen LogP contribution in [-0.4, -0.2) is 35.2 Å². The molecule has 0 saturated carbocycles. The summed E-state index contributed by atoms with van der Waals surface area (Å²) in [7, 11) is -0.827. The third-order valence-electron chi connectivity index (χ3n) is 4.26. The summed E-state index contributed by atoms with van der Waals surface area (Å²) in [5.41, 5.74) is 0.788. The molecule has 3 aromatic carbocycles. The second-order valence-electron chi connectivity index (χ2n) is 6.49. The lowest BCUT2D eigenvalue weighted by molar-refractivity contribution is -0.118. The second kappa shape index (κ2) is 10.3. The van der Waals surface area contributed by atoms with Gasteiger partial charge in [-0.2, -0.15) is 0 Å². The van der Waals surface area contributed by atoms with E-state index in [1.807, 2.05) is 0 Å². The van der Waals surface area contributed by atoms with E-state index in [-0.39, 0.29) is 11.5 Å². The monoisotopic (exact) mass is 476 g/mol. The van der Waals surface area contributed by atoms with Crippen LogP contribution in [0.1, 0.15) is 0 Å². The Morgan fingerprint density at radius 2 is 1.69 bits per heavy atom. The average molecular weight is 477 g/mol. The summed E-state index contributed by atoms with van der Waals surface area (Å²) < 4.78 is 43.4. The zero-order valence-corrected chi connectivity index (χ0v) is 18.9. The Labute approximate surface area is 191 Å². The van der Waals surface area contributed by atoms with Crippen LogP contribution in [0.4, 0.5) is 11.4 Å². The van der Waals surface area contributed by atoms with E-state index < -0.39 is 15.9 Å². The Kier molecular flexibility index (Phi) is 7.45. The summed E-state index contributed by atoms with van der Waals surface area (Å²) in [6.45, 7) is -0.288. The molecule has 0 bridgehead atoms. The van der Waals surface area contributed by atoms with Crippen molar-refractivity contribution in [1.29, 1.82) is 0 Å². The smallest absolute Gasteiger partial charge is 0.262 e. The van der Waals surface area contributed by atoms with Crippen LogP contribution in [-0.2, 0) is 14.8 Å². The molecule has 8 nitrogen and oxygen atoms in total. The van der Waals surface area contributed by atoms with Gasteiger partial charge in [-0.3, -0.25) is 9.52 Å². The molecule has 0 saturated heterocycles. The predicted octanol–water partition coefficient (Wildman–Crippen LogP) is 4.18. The van der Waals surface area contributed by atoms with Crippen molar-refractivity contribution in [3.63, 3.8) is 0 Å². The van der Waals surface area contributed by atoms with Crippen molar-refractivity contribution in [3.8, 4) is 17.2 Å². The zero-order valence-electron chi connectivity index (χ0n) is 17.3. The minimum absolute atomic E-state index is 0.0424. The van der Waals surface area contributed by atoms with Crippen LogP contribution in [0.3, 0.4) is 0 Å². The summed E-state index contributed by atoms with van der Waals surface area (Å²) in [5, 5.41) is 3.10. The Morgan fingerprint density at radius 3 is 2.38 bits per heavy atom. The van der Waals surface area contributed by atoms with Crippen LogP contribution in [0.5, 0.6) is 17.2 Å². The number of rotatable bonds is 9. The quantitative estimate of drug-likeness (QED) is 0.480. The van der Waals surface area contributed by atoms with Crippen molar-refractivity contribution in [3.05, 3.63) is 71.8 Å². The molecule has 168 valence electrons. The molecule has 32 heavy (non-hydrogen) atoms. The third kappa shape index (κ3) is 6.05. The lowest BCUT2D eigenvalue weighted by atomic mass is 10.3. The number of nitrogens with one attached hydrogen (secondary N) is 2. The Bertz CT molecular complexity index is 1200. The van der Waals surface area contributed by atoms with Gasteiger partial charge in [0.2, 0.25) is 0 Å². The van der Waals surface area contributed by atoms with Crippen LogP contribution in [0.25, 0.3) is 0 Å². The van der Waals surface area contributed by atoms with Crippen molar-refractivity contribution in [2.75, 3.05) is 30.9 Å². The van der Waals surface area contributed by atoms with Crippen molar-refractivity contribution in [1.82, 2.24) is 0 Å². The minimum atomic E-state index is -3.81. The molecule has 0 aliphatic carbocycles. The number of anilines is 2. The summed E-state index contributed by atoms with van der Waals surface area (Å²) in [4.78, 5) is 12.2. The lowest BCUT2D eigenvalue weighted by Gasteiger charge is -2.12. The van der Waals surface area contributed by atoms with Crippen molar-refractivity contribution in [2.45, 2.75) is 4.90 Å². The summed E-state index contributed by atoms with van der Waals surface area (Å²) in [5.74, 6) is 0.893. The molecule has 3 aromatic rings. The molecular weight excluding hydrogens is 456 g/mol. The number of halogens is 1. The summed E-state index contributed by atoms with van der Waals surface area (Å²) in [6, 6.07) is 17.1. The number of amides is 1. The topological polar surface area (TPSA) is 103 Å². The molecule has 0 unspecified atom stereocenters. The number of carbonyl (C=O) groups is 1. The molecule has 0 aliphatic heterocycles. The zero-order chi connectivity index (χ0) is 23.1. The molecule has 2 N–H and O–H groups in total. The first-order chi connectivity index (χ1) is 15.3. The van der Waals surface area contributed by atoms with Crippen LogP contribution >= 0.6 is 11.6 Å². The van der Waals surface area contributed by atoms with Gasteiger partial charge in [-0.05, 0) is 54.6 Å². The van der Waals surface area contributed by atoms with E-state index in [9.17, 15) is 13.2 Å². The molecule has 0 heterocycles. The molecule has 10 heteroatoms. The maximum atomic E-state index is 12.6. The third-order valence-corrected chi connectivity index (χ3v) is 5.89. The van der Waals surface area contributed by atoms with Crippen molar-refractivity contribution < 1.29 is 27.4 Å². The average Bonchev–Trinajstić information content (AvgIpc) is 2.78. The highest BCUT2D eigenvalue weighted by molar-refractivity contribution is 7.92. The fourth-order valence-electron chi connectivity index (χ4n) is 2.73. The van der Waals surface area contributed by atoms with Gasteiger partial charge < -0.3 is 19.5 Å². The minimum Gasteiger partial charge on any atom is -0.497 e. The number of sulfonamides is 1. The highest BCUT2D eigenvalue weighted by Crippen LogP contribution is 2.27. The van der Waals surface area contributed by atoms with Crippen LogP contribution in [0.15, 0.2) is 71.6 Å². The number of hydrogen-bond donors (Lipinski definition) is 2. The molecule has 0 spiro atoms. The van der Waals surface area contributed by atoms with Gasteiger partial charge in [0.1, 0.15) is 17.2 Å². The molecule has 0 radical (unpaired) electrons. The largest absolute Gasteiger partial charge is 0.497 e. The Balaban J connectivity index is 1.60. The van der Waals surface area contributed by atoms with Gasteiger partial charge in [0.15, 0.2) is 6.61 Å². The number of methoxy groups -OCH3 is 2. The Morgan fingerprint density at radius 1 is 0.938 bits per heavy atom. The highest BCUT2D eigenvalue weighted by atomic mass is 35.5. The maximum absolute atomic E-state index is 12.6. The summed E-state index contributed by atoms with van der Waals surface area (Å²) >= 11 is 5.95. The van der Waals surface area contributed by atoms with E-state index in [2.05, 4.69) is 10.0 Å². The molecule has 0 fully saturated rings. The van der Waals surface area contributed by atoms with Crippen molar-refractivity contribution >= 4 is 38.9 Å². The van der Waals surface area contributed by atoms with E-state index >= 15 is 0 Å². The standard InChI is InChI=1S/C22H21ClN2O6S/c1-29-18-5-3-4-16(13-18)25-32(27,28)19-9-7-17(8-10-19)31-14-22(26)24-20-12-15(23)6-11-21(20)30-2/h3-13,25H,14H2,1-2H3,(H,24,26). The van der Waals surface area contributed by atoms with E-state index in [4.69, 9.17) is 25.8 Å². The van der Waals surface area contributed by atoms with Crippen molar-refractivity contribution in [2.24, 2.45) is 0 Å². The lowest BCUT2D eigenvalue weighted by Crippen LogP contribution is -2.20. The molecular formula is C22H21ClN2O6S. The van der Waals surface area contributed by atoms with Gasteiger partial charge in [0, 0.05) is 11.1 Å². The molecule has 1 amide bonds. The van der Waals surface area contributed by atoms with Gasteiger partial charge in [-0.1, -0.05) is 17.7 Å². The number of ether oxygens (including phenoxy) is 3. The van der Waals surface area contributed by atoms with Gasteiger partial charge in [-0.25, -0.2) is 8.42 Å². The first kappa shape index (κ1) is 23.2. The molecule has 0 aliphatic rings. The van der Waals surface area contributed by atoms with Crippen LogP contribution in [0, 0.1) is 0 Å². The van der Waals surface area contributed by atoms with E-state index in [1.165, 1.54) is 38.5 Å². The summed E-state index contributed by atoms with van der Waals surface area (Å²) in [6.07, 6.45) is 0. The van der Waals surface area contributed by atoms with Gasteiger partial charge in [0.05, 0.1) is 30.5 Å².